The molecular formula is C12H17ClFNO2. The lowest BCUT2D eigenvalue weighted by Crippen LogP contribution is -2.25. The Hall–Kier alpha value is -0.870. The van der Waals surface area contributed by atoms with Crippen LogP contribution in [0.25, 0.3) is 0 Å². The van der Waals surface area contributed by atoms with Crippen LogP contribution in [0.2, 0.25) is 0 Å². The van der Waals surface area contributed by atoms with Gasteiger partial charge in [-0.15, -0.1) is 11.6 Å². The number of alkyl halides is 1. The van der Waals surface area contributed by atoms with E-state index in [1.165, 1.54) is 6.07 Å². The summed E-state index contributed by atoms with van der Waals surface area (Å²) in [6.07, 6.45) is 1.83. The first-order chi connectivity index (χ1) is 7.98. The van der Waals surface area contributed by atoms with Crippen LogP contribution in [0.5, 0.6) is 5.88 Å². The fourth-order valence-corrected chi connectivity index (χ4v) is 1.38. The van der Waals surface area contributed by atoms with E-state index in [4.69, 9.17) is 21.1 Å². The molecule has 17 heavy (non-hydrogen) atoms. The zero-order valence-corrected chi connectivity index (χ0v) is 11.1. The molecule has 5 heteroatoms. The van der Waals surface area contributed by atoms with Crippen molar-refractivity contribution in [1.82, 2.24) is 4.98 Å². The summed E-state index contributed by atoms with van der Waals surface area (Å²) in [6, 6.07) is 1.33. The van der Waals surface area contributed by atoms with Gasteiger partial charge in [0.1, 0.15) is 5.82 Å². The smallest absolute Gasteiger partial charge is 0.217 e. The average Bonchev–Trinajstić information content (AvgIpc) is 2.30. The molecule has 1 rings (SSSR count). The maximum Gasteiger partial charge on any atom is 0.217 e. The molecule has 0 atom stereocenters. The Morgan fingerprint density at radius 1 is 1.47 bits per heavy atom. The number of pyridine rings is 1. The summed E-state index contributed by atoms with van der Waals surface area (Å²) in [4.78, 5) is 3.87. The van der Waals surface area contributed by atoms with E-state index < -0.39 is 5.82 Å². The summed E-state index contributed by atoms with van der Waals surface area (Å²) >= 11 is 5.69. The van der Waals surface area contributed by atoms with Gasteiger partial charge < -0.3 is 9.47 Å². The SMILES string of the molecule is COC(C)(C)CCOc1ncc(F)cc1CCl. The minimum absolute atomic E-state index is 0.174. The van der Waals surface area contributed by atoms with Crippen molar-refractivity contribution in [2.24, 2.45) is 0 Å². The molecule has 0 bridgehead atoms. The van der Waals surface area contributed by atoms with E-state index in [-0.39, 0.29) is 11.5 Å². The second-order valence-corrected chi connectivity index (χ2v) is 4.58. The molecule has 96 valence electrons. The first-order valence-corrected chi connectivity index (χ1v) is 5.90. The molecule has 0 unspecified atom stereocenters. The molecule has 0 aliphatic carbocycles. The molecule has 1 heterocycles. The van der Waals surface area contributed by atoms with Crippen molar-refractivity contribution < 1.29 is 13.9 Å². The number of halogens is 2. The van der Waals surface area contributed by atoms with Gasteiger partial charge in [-0.1, -0.05) is 0 Å². The van der Waals surface area contributed by atoms with E-state index in [9.17, 15) is 4.39 Å². The average molecular weight is 262 g/mol. The molecule has 1 aromatic rings. The molecule has 0 aliphatic heterocycles. The standard InChI is InChI=1S/C12H17ClFNO2/c1-12(2,16-3)4-5-17-11-9(7-13)6-10(14)8-15-11/h6,8H,4-5,7H2,1-3H3. The minimum Gasteiger partial charge on any atom is -0.477 e. The molecule has 0 amide bonds. The number of aromatic nitrogens is 1. The number of ether oxygens (including phenoxy) is 2. The minimum atomic E-state index is -0.412. The van der Waals surface area contributed by atoms with E-state index in [1.54, 1.807) is 7.11 Å². The highest BCUT2D eigenvalue weighted by Crippen LogP contribution is 2.20. The normalized spacial score (nSPS) is 11.6. The van der Waals surface area contributed by atoms with E-state index in [1.807, 2.05) is 13.8 Å². The third kappa shape index (κ3) is 4.48. The number of hydrogen-bond acceptors (Lipinski definition) is 3. The predicted molar refractivity (Wildman–Crippen MR) is 65.0 cm³/mol. The van der Waals surface area contributed by atoms with Crippen molar-refractivity contribution in [1.29, 1.82) is 0 Å². The molecule has 0 saturated carbocycles. The lowest BCUT2D eigenvalue weighted by atomic mass is 10.1. The molecular weight excluding hydrogens is 245 g/mol. The molecule has 1 aromatic heterocycles. The Bertz CT molecular complexity index is 372. The van der Waals surface area contributed by atoms with Gasteiger partial charge in [0.05, 0.1) is 24.3 Å². The van der Waals surface area contributed by atoms with Crippen molar-refractivity contribution in [3.05, 3.63) is 23.6 Å². The van der Waals surface area contributed by atoms with E-state index in [0.29, 0.717) is 24.5 Å². The van der Waals surface area contributed by atoms with E-state index in [2.05, 4.69) is 4.98 Å². The van der Waals surface area contributed by atoms with Gasteiger partial charge in [-0.2, -0.15) is 0 Å². The molecule has 3 nitrogen and oxygen atoms in total. The third-order valence-electron chi connectivity index (χ3n) is 2.53. The Balaban J connectivity index is 2.57. The van der Waals surface area contributed by atoms with Crippen molar-refractivity contribution in [3.8, 4) is 5.88 Å². The van der Waals surface area contributed by atoms with Crippen molar-refractivity contribution in [3.63, 3.8) is 0 Å². The largest absolute Gasteiger partial charge is 0.477 e. The zero-order chi connectivity index (χ0) is 12.9. The maximum absolute atomic E-state index is 12.9. The molecule has 0 spiro atoms. The Kier molecular flexibility index (Phi) is 5.15. The first kappa shape index (κ1) is 14.2. The molecule has 0 fully saturated rings. The van der Waals surface area contributed by atoms with Crippen molar-refractivity contribution in [2.75, 3.05) is 13.7 Å². The Morgan fingerprint density at radius 2 is 2.18 bits per heavy atom. The molecule has 0 saturated heterocycles. The Labute approximate surface area is 106 Å². The van der Waals surface area contributed by atoms with E-state index >= 15 is 0 Å². The monoisotopic (exact) mass is 261 g/mol. The van der Waals surface area contributed by atoms with Crippen molar-refractivity contribution >= 4 is 11.6 Å². The van der Waals surface area contributed by atoms with Crippen LogP contribution >= 0.6 is 11.6 Å². The summed E-state index contributed by atoms with van der Waals surface area (Å²) in [7, 11) is 1.65. The highest BCUT2D eigenvalue weighted by molar-refractivity contribution is 6.17. The predicted octanol–water partition coefficient (Wildman–Crippen LogP) is 3.15. The number of methoxy groups -OCH3 is 1. The first-order valence-electron chi connectivity index (χ1n) is 5.37. The van der Waals surface area contributed by atoms with Crippen LogP contribution in [0.3, 0.4) is 0 Å². The Morgan fingerprint density at radius 3 is 2.76 bits per heavy atom. The van der Waals surface area contributed by atoms with Crippen LogP contribution < -0.4 is 4.74 Å². The highest BCUT2D eigenvalue weighted by Gasteiger charge is 2.16. The summed E-state index contributed by atoms with van der Waals surface area (Å²) in [5, 5.41) is 0. The lowest BCUT2D eigenvalue weighted by Gasteiger charge is -2.22. The van der Waals surface area contributed by atoms with Crippen LogP contribution in [0.1, 0.15) is 25.8 Å². The second-order valence-electron chi connectivity index (χ2n) is 4.31. The van der Waals surface area contributed by atoms with Gasteiger partial charge >= 0.3 is 0 Å². The van der Waals surface area contributed by atoms with Crippen LogP contribution in [0.15, 0.2) is 12.3 Å². The van der Waals surface area contributed by atoms with Crippen LogP contribution in [-0.2, 0) is 10.6 Å². The molecule has 0 aromatic carbocycles. The number of nitrogens with zero attached hydrogens (tertiary/aromatic N) is 1. The lowest BCUT2D eigenvalue weighted by molar-refractivity contribution is 0.00500. The van der Waals surface area contributed by atoms with Crippen molar-refractivity contribution in [2.45, 2.75) is 31.7 Å². The molecule has 0 N–H and O–H groups in total. The van der Waals surface area contributed by atoms with Gasteiger partial charge in [0, 0.05) is 19.1 Å². The summed E-state index contributed by atoms with van der Waals surface area (Å²) < 4.78 is 23.6. The van der Waals surface area contributed by atoms with Gasteiger partial charge in [-0.05, 0) is 19.9 Å². The fourth-order valence-electron chi connectivity index (χ4n) is 1.19. The maximum atomic E-state index is 12.9. The second kappa shape index (κ2) is 6.17. The van der Waals surface area contributed by atoms with Crippen LogP contribution in [-0.4, -0.2) is 24.3 Å². The zero-order valence-electron chi connectivity index (χ0n) is 10.3. The molecule has 0 radical (unpaired) electrons. The van der Waals surface area contributed by atoms with Gasteiger partial charge in [0.2, 0.25) is 5.88 Å². The number of hydrogen-bond donors (Lipinski definition) is 0. The quantitative estimate of drug-likeness (QED) is 0.737. The highest BCUT2D eigenvalue weighted by atomic mass is 35.5. The number of rotatable bonds is 6. The van der Waals surface area contributed by atoms with Gasteiger partial charge in [-0.3, -0.25) is 0 Å². The van der Waals surface area contributed by atoms with Crippen LogP contribution in [0, 0.1) is 5.82 Å². The third-order valence-corrected chi connectivity index (χ3v) is 2.82. The van der Waals surface area contributed by atoms with Gasteiger partial charge in [0.15, 0.2) is 0 Å². The summed E-state index contributed by atoms with van der Waals surface area (Å²) in [6.45, 7) is 4.39. The summed E-state index contributed by atoms with van der Waals surface area (Å²) in [5.41, 5.74) is 0.308. The molecule has 0 aliphatic rings. The summed E-state index contributed by atoms with van der Waals surface area (Å²) in [5.74, 6) is 0.145. The van der Waals surface area contributed by atoms with Gasteiger partial charge in [0.25, 0.3) is 0 Å². The van der Waals surface area contributed by atoms with E-state index in [0.717, 1.165) is 6.20 Å². The van der Waals surface area contributed by atoms with Gasteiger partial charge in [-0.25, -0.2) is 9.37 Å². The fraction of sp³-hybridized carbons (Fsp3) is 0.583. The van der Waals surface area contributed by atoms with Crippen LogP contribution in [0.4, 0.5) is 4.39 Å². The topological polar surface area (TPSA) is 31.4 Å².